The number of nitrogens with zero attached hydrogens (tertiary/aromatic N) is 1. The summed E-state index contributed by atoms with van der Waals surface area (Å²) in [6.45, 7) is 3.06. The van der Waals surface area contributed by atoms with Gasteiger partial charge >= 0.3 is 0 Å². The van der Waals surface area contributed by atoms with Crippen LogP contribution in [0.4, 0.5) is 0 Å². The number of likely N-dealkylation sites (N-methyl/N-ethyl adjacent to an activating group) is 1. The van der Waals surface area contributed by atoms with Crippen LogP contribution in [-0.4, -0.2) is 39.0 Å². The van der Waals surface area contributed by atoms with Crippen molar-refractivity contribution < 1.29 is 13.2 Å². The summed E-state index contributed by atoms with van der Waals surface area (Å²) in [5.41, 5.74) is 6.83. The van der Waals surface area contributed by atoms with E-state index in [0.717, 1.165) is 18.4 Å². The van der Waals surface area contributed by atoms with Gasteiger partial charge in [0.2, 0.25) is 10.0 Å². The molecule has 2 N–H and O–H groups in total. The van der Waals surface area contributed by atoms with Crippen LogP contribution in [0.15, 0.2) is 29.2 Å². The molecule has 1 fully saturated rings. The molecule has 1 heterocycles. The number of sulfonamides is 1. The van der Waals surface area contributed by atoms with Crippen molar-refractivity contribution >= 4 is 10.0 Å². The van der Waals surface area contributed by atoms with Gasteiger partial charge < -0.3 is 10.5 Å². The molecule has 2 unspecified atom stereocenters. The van der Waals surface area contributed by atoms with Crippen LogP contribution in [0.5, 0.6) is 0 Å². The van der Waals surface area contributed by atoms with Gasteiger partial charge in [0.05, 0.1) is 17.5 Å². The Bertz CT molecular complexity index is 553. The van der Waals surface area contributed by atoms with Crippen molar-refractivity contribution in [2.24, 2.45) is 5.73 Å². The Hall–Kier alpha value is -0.950. The molecule has 1 aliphatic heterocycles. The van der Waals surface area contributed by atoms with Crippen molar-refractivity contribution in [3.63, 3.8) is 0 Å². The Morgan fingerprint density at radius 1 is 1.50 bits per heavy atom. The highest BCUT2D eigenvalue weighted by Gasteiger charge is 2.30. The first-order valence-electron chi connectivity index (χ1n) is 6.88. The van der Waals surface area contributed by atoms with Crippen molar-refractivity contribution in [3.05, 3.63) is 29.8 Å². The number of rotatable bonds is 5. The molecule has 0 aromatic heterocycles. The normalized spacial score (nSPS) is 21.3. The van der Waals surface area contributed by atoms with E-state index in [-0.39, 0.29) is 12.1 Å². The van der Waals surface area contributed by atoms with Gasteiger partial charge in [0.15, 0.2) is 0 Å². The smallest absolute Gasteiger partial charge is 0.243 e. The molecule has 1 saturated heterocycles. The third kappa shape index (κ3) is 3.03. The molecule has 1 aromatic rings. The van der Waals surface area contributed by atoms with Crippen LogP contribution < -0.4 is 5.73 Å². The summed E-state index contributed by atoms with van der Waals surface area (Å²) in [5, 5.41) is 0. The monoisotopic (exact) mass is 298 g/mol. The minimum atomic E-state index is -3.49. The lowest BCUT2D eigenvalue weighted by atomic mass is 10.1. The van der Waals surface area contributed by atoms with Gasteiger partial charge in [0, 0.05) is 19.7 Å². The van der Waals surface area contributed by atoms with Crippen LogP contribution >= 0.6 is 0 Å². The highest BCUT2D eigenvalue weighted by Crippen LogP contribution is 2.23. The zero-order chi connectivity index (χ0) is 14.8. The fourth-order valence-corrected chi connectivity index (χ4v) is 3.74. The summed E-state index contributed by atoms with van der Waals surface area (Å²) in [7, 11) is -1.88. The second-order valence-electron chi connectivity index (χ2n) is 5.13. The lowest BCUT2D eigenvalue weighted by molar-refractivity contribution is 0.181. The summed E-state index contributed by atoms with van der Waals surface area (Å²) in [4.78, 5) is 0.299. The molecular weight excluding hydrogens is 276 g/mol. The Kier molecular flexibility index (Phi) is 4.80. The Morgan fingerprint density at radius 3 is 2.85 bits per heavy atom. The van der Waals surface area contributed by atoms with Crippen LogP contribution in [0.25, 0.3) is 0 Å². The summed E-state index contributed by atoms with van der Waals surface area (Å²) < 4.78 is 31.9. The van der Waals surface area contributed by atoms with Crippen molar-refractivity contribution in [2.75, 3.05) is 20.3 Å². The van der Waals surface area contributed by atoms with Gasteiger partial charge in [-0.05, 0) is 30.5 Å². The van der Waals surface area contributed by atoms with Gasteiger partial charge in [0.1, 0.15) is 0 Å². The topological polar surface area (TPSA) is 72.6 Å². The second kappa shape index (κ2) is 6.22. The molecule has 0 amide bonds. The molecule has 0 spiro atoms. The molecule has 1 aliphatic rings. The van der Waals surface area contributed by atoms with Crippen LogP contribution in [0.3, 0.4) is 0 Å². The first-order chi connectivity index (χ1) is 9.46. The summed E-state index contributed by atoms with van der Waals surface area (Å²) in [5.74, 6) is 0. The zero-order valence-electron chi connectivity index (χ0n) is 12.0. The highest BCUT2D eigenvalue weighted by molar-refractivity contribution is 7.89. The van der Waals surface area contributed by atoms with Crippen LogP contribution in [0, 0.1) is 0 Å². The molecule has 0 saturated carbocycles. The lowest BCUT2D eigenvalue weighted by Crippen LogP contribution is -2.37. The average molecular weight is 298 g/mol. The van der Waals surface area contributed by atoms with Crippen molar-refractivity contribution in [2.45, 2.75) is 36.7 Å². The summed E-state index contributed by atoms with van der Waals surface area (Å²) in [6, 6.07) is 6.69. The predicted octanol–water partition coefficient (Wildman–Crippen LogP) is 1.51. The van der Waals surface area contributed by atoms with Gasteiger partial charge in [-0.2, -0.15) is 4.31 Å². The quantitative estimate of drug-likeness (QED) is 0.894. The van der Waals surface area contributed by atoms with E-state index in [1.807, 2.05) is 13.0 Å². The summed E-state index contributed by atoms with van der Waals surface area (Å²) in [6.07, 6.45) is 1.51. The number of ether oxygens (including phenoxy) is 1. The standard InChI is InChI=1S/C14H22N2O3S/c1-3-14(15)11-5-4-6-13(9-11)20(17,18)16(2)12-7-8-19-10-12/h4-6,9,12,14H,3,7-8,10,15H2,1-2H3. The van der Waals surface area contributed by atoms with Crippen LogP contribution in [0.2, 0.25) is 0 Å². The minimum Gasteiger partial charge on any atom is -0.380 e. The molecule has 5 nitrogen and oxygen atoms in total. The molecule has 6 heteroatoms. The average Bonchev–Trinajstić information content (AvgIpc) is 2.99. The van der Waals surface area contributed by atoms with Crippen molar-refractivity contribution in [1.82, 2.24) is 4.31 Å². The number of nitrogens with two attached hydrogens (primary N) is 1. The lowest BCUT2D eigenvalue weighted by Gasteiger charge is -2.23. The molecule has 0 bridgehead atoms. The maximum atomic E-state index is 12.6. The van der Waals surface area contributed by atoms with Gasteiger partial charge in [-0.3, -0.25) is 0 Å². The number of benzene rings is 1. The van der Waals surface area contributed by atoms with Gasteiger partial charge in [-0.1, -0.05) is 19.1 Å². The highest BCUT2D eigenvalue weighted by atomic mass is 32.2. The minimum absolute atomic E-state index is 0.0801. The van der Waals surface area contributed by atoms with Gasteiger partial charge in [-0.25, -0.2) is 8.42 Å². The van der Waals surface area contributed by atoms with E-state index in [1.54, 1.807) is 25.2 Å². The first kappa shape index (κ1) is 15.4. The van der Waals surface area contributed by atoms with E-state index < -0.39 is 10.0 Å². The first-order valence-corrected chi connectivity index (χ1v) is 8.32. The fraction of sp³-hybridized carbons (Fsp3) is 0.571. The Balaban J connectivity index is 2.29. The Labute approximate surface area is 120 Å². The number of hydrogen-bond acceptors (Lipinski definition) is 4. The molecule has 1 aromatic carbocycles. The van der Waals surface area contributed by atoms with E-state index in [2.05, 4.69) is 0 Å². The van der Waals surface area contributed by atoms with Crippen LogP contribution in [-0.2, 0) is 14.8 Å². The maximum absolute atomic E-state index is 12.6. The largest absolute Gasteiger partial charge is 0.380 e. The molecular formula is C14H22N2O3S. The van der Waals surface area contributed by atoms with Gasteiger partial charge in [0.25, 0.3) is 0 Å². The Morgan fingerprint density at radius 2 is 2.25 bits per heavy atom. The van der Waals surface area contributed by atoms with E-state index >= 15 is 0 Å². The van der Waals surface area contributed by atoms with Crippen molar-refractivity contribution in [1.29, 1.82) is 0 Å². The molecule has 2 atom stereocenters. The maximum Gasteiger partial charge on any atom is 0.243 e. The van der Waals surface area contributed by atoms with Crippen LogP contribution in [0.1, 0.15) is 31.4 Å². The third-order valence-electron chi connectivity index (χ3n) is 3.82. The molecule has 0 radical (unpaired) electrons. The van der Waals surface area contributed by atoms with Crippen molar-refractivity contribution in [3.8, 4) is 0 Å². The molecule has 20 heavy (non-hydrogen) atoms. The van der Waals surface area contributed by atoms with Gasteiger partial charge in [-0.15, -0.1) is 0 Å². The SMILES string of the molecule is CCC(N)c1cccc(S(=O)(=O)N(C)C2CCOC2)c1. The summed E-state index contributed by atoms with van der Waals surface area (Å²) >= 11 is 0. The fourth-order valence-electron chi connectivity index (χ4n) is 2.31. The molecule has 2 rings (SSSR count). The zero-order valence-corrected chi connectivity index (χ0v) is 12.8. The predicted molar refractivity (Wildman–Crippen MR) is 77.8 cm³/mol. The molecule has 112 valence electrons. The third-order valence-corrected chi connectivity index (χ3v) is 5.73. The molecule has 0 aliphatic carbocycles. The second-order valence-corrected chi connectivity index (χ2v) is 7.12. The van der Waals surface area contributed by atoms with E-state index in [0.29, 0.717) is 18.1 Å². The van der Waals surface area contributed by atoms with E-state index in [9.17, 15) is 8.42 Å². The van der Waals surface area contributed by atoms with E-state index in [4.69, 9.17) is 10.5 Å². The number of hydrogen-bond donors (Lipinski definition) is 1. The van der Waals surface area contributed by atoms with E-state index in [1.165, 1.54) is 4.31 Å².